The Morgan fingerprint density at radius 3 is 2.75 bits per heavy atom. The van der Waals surface area contributed by atoms with Gasteiger partial charge in [0.15, 0.2) is 0 Å². The van der Waals surface area contributed by atoms with E-state index in [9.17, 15) is 0 Å². The van der Waals surface area contributed by atoms with Gasteiger partial charge in [0.25, 0.3) is 0 Å². The first-order valence-electron chi connectivity index (χ1n) is 2.29. The summed E-state index contributed by atoms with van der Waals surface area (Å²) in [5.41, 5.74) is 6.85. The molecule has 2 aliphatic rings. The summed E-state index contributed by atoms with van der Waals surface area (Å²) in [7, 11) is 0. The Morgan fingerprint density at radius 2 is 2.50 bits per heavy atom. The minimum absolute atomic E-state index is 0.183. The van der Waals surface area contributed by atoms with Crippen molar-refractivity contribution >= 4 is 23.4 Å². The van der Waals surface area contributed by atoms with E-state index < -0.39 is 0 Å². The molecule has 1 nitrogen and oxygen atoms in total. The Bertz CT molecular complexity index is 208. The molecule has 0 aromatic rings. The number of hydrogen-bond acceptors (Lipinski definition) is 2. The lowest BCUT2D eigenvalue weighted by atomic mass is 10.4. The molecule has 0 saturated heterocycles. The van der Waals surface area contributed by atoms with Crippen molar-refractivity contribution in [2.24, 2.45) is 5.73 Å². The Balaban J connectivity index is 2.33. The maximum atomic E-state index is 5.68. The third-order valence-corrected chi connectivity index (χ3v) is 2.62. The van der Waals surface area contributed by atoms with E-state index in [-0.39, 0.29) is 4.87 Å². The highest BCUT2D eigenvalue weighted by Crippen LogP contribution is 2.54. The molecule has 0 bridgehead atoms. The minimum Gasteiger partial charge on any atom is -0.309 e. The molecular weight excluding hydrogens is 142 g/mol. The van der Waals surface area contributed by atoms with Crippen molar-refractivity contribution in [2.75, 3.05) is 0 Å². The van der Waals surface area contributed by atoms with E-state index >= 15 is 0 Å². The molecule has 1 unspecified atom stereocenters. The van der Waals surface area contributed by atoms with Crippen LogP contribution < -0.4 is 5.73 Å². The molecule has 0 radical (unpaired) electrons. The highest BCUT2D eigenvalue weighted by Gasteiger charge is 2.44. The predicted molar refractivity (Wildman–Crippen MR) is 36.5 cm³/mol. The van der Waals surface area contributed by atoms with Gasteiger partial charge >= 0.3 is 0 Å². The van der Waals surface area contributed by atoms with Crippen LogP contribution in [0.3, 0.4) is 0 Å². The predicted octanol–water partition coefficient (Wildman–Crippen LogP) is 1.41. The van der Waals surface area contributed by atoms with Crippen LogP contribution in [0, 0.1) is 0 Å². The van der Waals surface area contributed by atoms with E-state index in [1.54, 1.807) is 0 Å². The van der Waals surface area contributed by atoms with Crippen LogP contribution in [0.15, 0.2) is 22.1 Å². The van der Waals surface area contributed by atoms with Crippen LogP contribution >= 0.6 is 23.4 Å². The lowest BCUT2D eigenvalue weighted by Gasteiger charge is -2.00. The van der Waals surface area contributed by atoms with Gasteiger partial charge in [-0.05, 0) is 17.7 Å². The zero-order chi connectivity index (χ0) is 5.78. The molecule has 1 atom stereocenters. The fourth-order valence-corrected chi connectivity index (χ4v) is 2.12. The topological polar surface area (TPSA) is 26.0 Å². The van der Waals surface area contributed by atoms with Crippen LogP contribution in [-0.4, -0.2) is 4.87 Å². The smallest absolute Gasteiger partial charge is 0.112 e. The summed E-state index contributed by atoms with van der Waals surface area (Å²) in [5.74, 6) is 0. The van der Waals surface area contributed by atoms with Gasteiger partial charge in [0, 0.05) is 0 Å². The van der Waals surface area contributed by atoms with Gasteiger partial charge in [-0.3, -0.25) is 0 Å². The number of thioether (sulfide) groups is 1. The molecular formula is C5H4ClNS. The van der Waals surface area contributed by atoms with Crippen molar-refractivity contribution in [1.82, 2.24) is 0 Å². The van der Waals surface area contributed by atoms with E-state index in [4.69, 9.17) is 17.3 Å². The van der Waals surface area contributed by atoms with Gasteiger partial charge in [-0.2, -0.15) is 0 Å². The molecule has 0 saturated carbocycles. The van der Waals surface area contributed by atoms with Crippen LogP contribution in [-0.2, 0) is 0 Å². The Morgan fingerprint density at radius 1 is 1.75 bits per heavy atom. The second-order valence-electron chi connectivity index (χ2n) is 1.94. The molecule has 0 spiro atoms. The van der Waals surface area contributed by atoms with Crippen LogP contribution in [0.1, 0.15) is 0 Å². The Hall–Kier alpha value is 0.0800. The molecule has 0 amide bonds. The van der Waals surface area contributed by atoms with E-state index in [1.165, 1.54) is 17.3 Å². The summed E-state index contributed by atoms with van der Waals surface area (Å²) in [6.45, 7) is 0. The number of nitrogens with two attached hydrogens (primary N) is 1. The Labute approximate surface area is 56.6 Å². The zero-order valence-corrected chi connectivity index (χ0v) is 5.59. The summed E-state index contributed by atoms with van der Waals surface area (Å²) < 4.78 is 0.810. The van der Waals surface area contributed by atoms with Crippen LogP contribution in [0.4, 0.5) is 0 Å². The van der Waals surface area contributed by atoms with Crippen molar-refractivity contribution < 1.29 is 0 Å². The molecule has 8 heavy (non-hydrogen) atoms. The molecule has 0 aromatic carbocycles. The first-order valence-corrected chi connectivity index (χ1v) is 3.49. The van der Waals surface area contributed by atoms with Crippen molar-refractivity contribution in [3.8, 4) is 0 Å². The van der Waals surface area contributed by atoms with E-state index in [0.717, 1.165) is 4.36 Å². The monoisotopic (exact) mass is 145 g/mol. The van der Waals surface area contributed by atoms with Crippen molar-refractivity contribution in [2.45, 2.75) is 4.87 Å². The SMILES string of the molecule is NC12C=C1C=C(Cl)S2. The largest absolute Gasteiger partial charge is 0.309 e. The fraction of sp³-hybridized carbons (Fsp3) is 0.200. The molecule has 0 fully saturated rings. The quantitative estimate of drug-likeness (QED) is 0.558. The normalized spacial score (nSPS) is 40.8. The number of hydrogen-bond donors (Lipinski definition) is 1. The summed E-state index contributed by atoms with van der Waals surface area (Å²) in [5, 5.41) is 0. The second kappa shape index (κ2) is 1.15. The van der Waals surface area contributed by atoms with Gasteiger partial charge in [0.05, 0.1) is 4.36 Å². The van der Waals surface area contributed by atoms with Gasteiger partial charge in [-0.25, -0.2) is 0 Å². The summed E-state index contributed by atoms with van der Waals surface area (Å²) >= 11 is 7.14. The maximum Gasteiger partial charge on any atom is 0.112 e. The van der Waals surface area contributed by atoms with E-state index in [0.29, 0.717) is 0 Å². The average Bonchev–Trinajstić information content (AvgIpc) is 2.07. The highest BCUT2D eigenvalue weighted by atomic mass is 35.5. The molecule has 2 N–H and O–H groups in total. The maximum absolute atomic E-state index is 5.68. The summed E-state index contributed by atoms with van der Waals surface area (Å²) in [6, 6.07) is 0. The van der Waals surface area contributed by atoms with Gasteiger partial charge in [0.2, 0.25) is 0 Å². The molecule has 42 valence electrons. The molecule has 1 heterocycles. The number of fused-ring (bicyclic) bond motifs is 1. The molecule has 1 aliphatic heterocycles. The second-order valence-corrected chi connectivity index (χ2v) is 3.89. The number of rotatable bonds is 0. The molecule has 2 rings (SSSR count). The standard InChI is InChI=1S/C5H4ClNS/c6-4-1-3-2-5(3,7)8-4/h1-2H,7H2. The average molecular weight is 146 g/mol. The van der Waals surface area contributed by atoms with E-state index in [1.807, 2.05) is 12.2 Å². The highest BCUT2D eigenvalue weighted by molar-refractivity contribution is 8.06. The van der Waals surface area contributed by atoms with Gasteiger partial charge in [-0.1, -0.05) is 23.4 Å². The lowest BCUT2D eigenvalue weighted by Crippen LogP contribution is -2.18. The molecule has 0 aromatic heterocycles. The van der Waals surface area contributed by atoms with Crippen LogP contribution in [0.25, 0.3) is 0 Å². The zero-order valence-electron chi connectivity index (χ0n) is 4.02. The van der Waals surface area contributed by atoms with Gasteiger partial charge in [0.1, 0.15) is 4.87 Å². The first kappa shape index (κ1) is 4.91. The lowest BCUT2D eigenvalue weighted by molar-refractivity contribution is 1.06. The molecule has 3 heteroatoms. The van der Waals surface area contributed by atoms with Crippen molar-refractivity contribution in [1.29, 1.82) is 0 Å². The van der Waals surface area contributed by atoms with Crippen molar-refractivity contribution in [3.63, 3.8) is 0 Å². The molecule has 1 aliphatic carbocycles. The summed E-state index contributed by atoms with van der Waals surface area (Å²) in [6.07, 6.45) is 3.91. The first-order chi connectivity index (χ1) is 3.71. The van der Waals surface area contributed by atoms with Crippen molar-refractivity contribution in [3.05, 3.63) is 22.1 Å². The van der Waals surface area contributed by atoms with E-state index in [2.05, 4.69) is 0 Å². The third-order valence-electron chi connectivity index (χ3n) is 1.27. The Kier molecular flexibility index (Phi) is 0.707. The van der Waals surface area contributed by atoms with Gasteiger partial charge < -0.3 is 5.73 Å². The fourth-order valence-electron chi connectivity index (χ4n) is 0.751. The summed E-state index contributed by atoms with van der Waals surface area (Å²) in [4.78, 5) is -0.183. The third kappa shape index (κ3) is 0.480. The minimum atomic E-state index is -0.183. The van der Waals surface area contributed by atoms with Crippen LogP contribution in [0.5, 0.6) is 0 Å². The number of halogens is 1. The van der Waals surface area contributed by atoms with Gasteiger partial charge in [-0.15, -0.1) is 0 Å². The van der Waals surface area contributed by atoms with Crippen LogP contribution in [0.2, 0.25) is 0 Å².